The van der Waals surface area contributed by atoms with Crippen molar-refractivity contribution in [2.24, 2.45) is 39.6 Å². The molecule has 0 bridgehead atoms. The first-order valence-corrected chi connectivity index (χ1v) is 12.3. The Morgan fingerprint density at radius 2 is 1.49 bits per heavy atom. The molecule has 4 amide bonds. The number of aliphatic imine (C=N–C) groups is 1. The SMILES string of the molecule is CCC(C)C(NC(=O)C(N)CCCCN)C(=O)NC(CC(N)=O)C(=O)NC(CCCN=C(N)N)C(=O)O. The van der Waals surface area contributed by atoms with Crippen LogP contribution in [-0.2, 0) is 24.0 Å². The standard InChI is InChI=1S/C22H43N9O6/c1-3-12(2)17(31-18(33)13(24)7-4-5-9-23)20(35)30-15(11-16(25)32)19(34)29-14(21(36)37)8-6-10-28-22(26)27/h12-15,17H,3-11,23-24H2,1-2H3,(H2,25,32)(H,29,34)(H,30,35)(H,31,33)(H,36,37)(H4,26,27,28). The summed E-state index contributed by atoms with van der Waals surface area (Å²) < 4.78 is 0. The van der Waals surface area contributed by atoms with E-state index in [2.05, 4.69) is 20.9 Å². The molecule has 0 saturated heterocycles. The molecule has 0 aromatic heterocycles. The van der Waals surface area contributed by atoms with Gasteiger partial charge in [0.2, 0.25) is 23.6 Å². The lowest BCUT2D eigenvalue weighted by molar-refractivity contribution is -0.142. The molecule has 14 N–H and O–H groups in total. The maximum absolute atomic E-state index is 13.1. The Hall–Kier alpha value is -3.46. The lowest BCUT2D eigenvalue weighted by Gasteiger charge is -2.27. The van der Waals surface area contributed by atoms with Gasteiger partial charge in [-0.1, -0.05) is 26.7 Å². The molecular formula is C22H43N9O6. The summed E-state index contributed by atoms with van der Waals surface area (Å²) in [6, 6.07) is -4.71. The highest BCUT2D eigenvalue weighted by atomic mass is 16.4. The highest BCUT2D eigenvalue weighted by molar-refractivity contribution is 5.96. The van der Waals surface area contributed by atoms with Crippen molar-refractivity contribution in [1.82, 2.24) is 16.0 Å². The quantitative estimate of drug-likeness (QED) is 0.0463. The van der Waals surface area contributed by atoms with E-state index in [9.17, 15) is 29.1 Å². The third-order valence-electron chi connectivity index (χ3n) is 5.70. The third kappa shape index (κ3) is 14.0. The number of nitrogens with one attached hydrogen (secondary N) is 3. The van der Waals surface area contributed by atoms with Gasteiger partial charge in [-0.3, -0.25) is 24.2 Å². The maximum atomic E-state index is 13.1. The molecule has 0 aromatic carbocycles. The van der Waals surface area contributed by atoms with E-state index in [1.54, 1.807) is 6.92 Å². The third-order valence-corrected chi connectivity index (χ3v) is 5.70. The largest absolute Gasteiger partial charge is 0.480 e. The number of primary amides is 1. The van der Waals surface area contributed by atoms with Gasteiger partial charge in [0.15, 0.2) is 5.96 Å². The summed E-state index contributed by atoms with van der Waals surface area (Å²) in [7, 11) is 0. The fourth-order valence-corrected chi connectivity index (χ4v) is 3.31. The predicted molar refractivity (Wildman–Crippen MR) is 137 cm³/mol. The van der Waals surface area contributed by atoms with Crippen LogP contribution in [0.3, 0.4) is 0 Å². The number of hydrogen-bond acceptors (Lipinski definition) is 8. The van der Waals surface area contributed by atoms with Crippen LogP contribution in [0, 0.1) is 5.92 Å². The van der Waals surface area contributed by atoms with Crippen LogP contribution in [-0.4, -0.2) is 77.9 Å². The van der Waals surface area contributed by atoms with E-state index in [0.29, 0.717) is 32.2 Å². The first-order chi connectivity index (χ1) is 17.3. The Morgan fingerprint density at radius 1 is 0.865 bits per heavy atom. The van der Waals surface area contributed by atoms with Crippen LogP contribution in [0.15, 0.2) is 4.99 Å². The molecule has 0 aliphatic heterocycles. The number of nitrogens with two attached hydrogens (primary N) is 5. The Morgan fingerprint density at radius 3 is 2.00 bits per heavy atom. The number of aliphatic carboxylic acids is 1. The summed E-state index contributed by atoms with van der Waals surface area (Å²) in [6.07, 6.45) is 1.87. The zero-order chi connectivity index (χ0) is 28.5. The predicted octanol–water partition coefficient (Wildman–Crippen LogP) is -3.04. The molecule has 0 radical (unpaired) electrons. The molecule has 0 spiro atoms. The van der Waals surface area contributed by atoms with E-state index < -0.39 is 60.2 Å². The summed E-state index contributed by atoms with van der Waals surface area (Å²) in [5.74, 6) is -4.92. The monoisotopic (exact) mass is 529 g/mol. The van der Waals surface area contributed by atoms with Crippen LogP contribution < -0.4 is 44.6 Å². The Balaban J connectivity index is 5.47. The van der Waals surface area contributed by atoms with E-state index in [0.717, 1.165) is 0 Å². The molecule has 0 rings (SSSR count). The smallest absolute Gasteiger partial charge is 0.326 e. The van der Waals surface area contributed by atoms with E-state index in [1.807, 2.05) is 6.92 Å². The molecule has 0 saturated carbocycles. The van der Waals surface area contributed by atoms with Gasteiger partial charge in [-0.2, -0.15) is 0 Å². The van der Waals surface area contributed by atoms with Crippen LogP contribution in [0.2, 0.25) is 0 Å². The topological polar surface area (TPSA) is 284 Å². The molecule has 5 atom stereocenters. The summed E-state index contributed by atoms with van der Waals surface area (Å²) >= 11 is 0. The lowest BCUT2D eigenvalue weighted by atomic mass is 9.97. The van der Waals surface area contributed by atoms with Gasteiger partial charge >= 0.3 is 5.97 Å². The van der Waals surface area contributed by atoms with Crippen molar-refractivity contribution in [2.45, 2.75) is 83.0 Å². The molecule has 5 unspecified atom stereocenters. The Bertz CT molecular complexity index is 804. The average molecular weight is 530 g/mol. The van der Waals surface area contributed by atoms with Gasteiger partial charge in [0.25, 0.3) is 0 Å². The minimum absolute atomic E-state index is 0.0112. The summed E-state index contributed by atoms with van der Waals surface area (Å²) in [4.78, 5) is 65.4. The number of carbonyl (C=O) groups excluding carboxylic acids is 4. The van der Waals surface area contributed by atoms with Gasteiger partial charge in [0.1, 0.15) is 18.1 Å². The second kappa shape index (κ2) is 17.9. The van der Waals surface area contributed by atoms with Crippen LogP contribution in [0.25, 0.3) is 0 Å². The fourth-order valence-electron chi connectivity index (χ4n) is 3.31. The van der Waals surface area contributed by atoms with Gasteiger partial charge in [-0.05, 0) is 38.1 Å². The van der Waals surface area contributed by atoms with E-state index in [1.165, 1.54) is 0 Å². The minimum Gasteiger partial charge on any atom is -0.480 e. The number of unbranched alkanes of at least 4 members (excludes halogenated alkanes) is 1. The molecular weight excluding hydrogens is 486 g/mol. The van der Waals surface area contributed by atoms with Crippen molar-refractivity contribution >= 4 is 35.6 Å². The summed E-state index contributed by atoms with van der Waals surface area (Å²) in [5, 5.41) is 16.8. The fraction of sp³-hybridized carbons (Fsp3) is 0.727. The maximum Gasteiger partial charge on any atom is 0.326 e. The normalized spacial score (nSPS) is 14.8. The highest BCUT2D eigenvalue weighted by Crippen LogP contribution is 2.10. The lowest BCUT2D eigenvalue weighted by Crippen LogP contribution is -2.59. The van der Waals surface area contributed by atoms with Crippen molar-refractivity contribution in [3.8, 4) is 0 Å². The number of carbonyl (C=O) groups is 5. The zero-order valence-electron chi connectivity index (χ0n) is 21.6. The number of carboxylic acid groups (broad SMARTS) is 1. The molecule has 0 heterocycles. The van der Waals surface area contributed by atoms with Crippen molar-refractivity contribution in [3.05, 3.63) is 0 Å². The second-order valence-corrected chi connectivity index (χ2v) is 8.84. The van der Waals surface area contributed by atoms with E-state index >= 15 is 0 Å². The van der Waals surface area contributed by atoms with Crippen molar-refractivity contribution in [2.75, 3.05) is 13.1 Å². The molecule has 15 nitrogen and oxygen atoms in total. The molecule has 212 valence electrons. The molecule has 0 aliphatic rings. The number of amides is 4. The molecule has 0 aromatic rings. The number of carboxylic acids is 1. The zero-order valence-corrected chi connectivity index (χ0v) is 21.6. The summed E-state index contributed by atoms with van der Waals surface area (Å²) in [6.45, 7) is 4.15. The summed E-state index contributed by atoms with van der Waals surface area (Å²) in [5.41, 5.74) is 27.1. The van der Waals surface area contributed by atoms with Gasteiger partial charge < -0.3 is 49.7 Å². The highest BCUT2D eigenvalue weighted by Gasteiger charge is 2.33. The first kappa shape index (κ1) is 33.5. The number of guanidine groups is 1. The van der Waals surface area contributed by atoms with Gasteiger partial charge in [-0.15, -0.1) is 0 Å². The second-order valence-electron chi connectivity index (χ2n) is 8.84. The first-order valence-electron chi connectivity index (χ1n) is 12.3. The van der Waals surface area contributed by atoms with Crippen LogP contribution in [0.4, 0.5) is 0 Å². The number of rotatable bonds is 19. The van der Waals surface area contributed by atoms with Crippen LogP contribution in [0.1, 0.15) is 58.8 Å². The number of hydrogen-bond donors (Lipinski definition) is 9. The van der Waals surface area contributed by atoms with Crippen molar-refractivity contribution in [3.63, 3.8) is 0 Å². The van der Waals surface area contributed by atoms with Gasteiger partial charge in [0, 0.05) is 6.54 Å². The van der Waals surface area contributed by atoms with E-state index in [-0.39, 0.29) is 31.3 Å². The van der Waals surface area contributed by atoms with Gasteiger partial charge in [0.05, 0.1) is 12.5 Å². The molecule has 15 heteroatoms. The number of nitrogens with zero attached hydrogens (tertiary/aromatic N) is 1. The molecule has 0 fully saturated rings. The minimum atomic E-state index is -1.47. The van der Waals surface area contributed by atoms with Crippen molar-refractivity contribution in [1.29, 1.82) is 0 Å². The Labute approximate surface area is 216 Å². The van der Waals surface area contributed by atoms with Gasteiger partial charge in [-0.25, -0.2) is 4.79 Å². The van der Waals surface area contributed by atoms with Crippen LogP contribution >= 0.6 is 0 Å². The van der Waals surface area contributed by atoms with Crippen LogP contribution in [0.5, 0.6) is 0 Å². The molecule has 37 heavy (non-hydrogen) atoms. The van der Waals surface area contributed by atoms with Crippen molar-refractivity contribution < 1.29 is 29.1 Å². The molecule has 0 aliphatic carbocycles. The van der Waals surface area contributed by atoms with E-state index in [4.69, 9.17) is 28.7 Å². The Kier molecular flexibility index (Phi) is 16.2. The average Bonchev–Trinajstić information content (AvgIpc) is 2.82.